The maximum Gasteiger partial charge on any atom is 0.261 e. The summed E-state index contributed by atoms with van der Waals surface area (Å²) >= 11 is 1.42. The van der Waals surface area contributed by atoms with E-state index in [1.54, 1.807) is 11.0 Å². The molecule has 0 fully saturated rings. The lowest BCUT2D eigenvalue weighted by Crippen LogP contribution is -2.22. The molecule has 4 aromatic rings. The van der Waals surface area contributed by atoms with E-state index in [1.165, 1.54) is 17.7 Å². The molecule has 28 heavy (non-hydrogen) atoms. The fourth-order valence-corrected chi connectivity index (χ4v) is 4.49. The van der Waals surface area contributed by atoms with Crippen molar-refractivity contribution in [1.82, 2.24) is 30.0 Å². The molecule has 0 saturated heterocycles. The average Bonchev–Trinajstić information content (AvgIpc) is 3.28. The van der Waals surface area contributed by atoms with Crippen LogP contribution in [0, 0.1) is 20.8 Å². The summed E-state index contributed by atoms with van der Waals surface area (Å²) in [7, 11) is 0. The molecular weight excluding hydrogens is 372 g/mol. The molecule has 0 bridgehead atoms. The Balaban J connectivity index is 1.50. The molecule has 0 aliphatic rings. The third-order valence-corrected chi connectivity index (χ3v) is 5.73. The molecule has 8 heteroatoms. The number of carbonyl (C=O) groups is 1. The van der Waals surface area contributed by atoms with Crippen LogP contribution in [0.25, 0.3) is 10.2 Å². The molecule has 0 saturated carbocycles. The van der Waals surface area contributed by atoms with Gasteiger partial charge in [-0.05, 0) is 37.5 Å². The summed E-state index contributed by atoms with van der Waals surface area (Å²) in [5.41, 5.74) is 4.00. The fraction of sp³-hybridized carbons (Fsp3) is 0.250. The van der Waals surface area contributed by atoms with Crippen molar-refractivity contribution in [3.05, 3.63) is 70.0 Å². The van der Waals surface area contributed by atoms with E-state index in [4.69, 9.17) is 0 Å². The third-order valence-electron chi connectivity index (χ3n) is 4.54. The van der Waals surface area contributed by atoms with Crippen LogP contribution in [-0.4, -0.2) is 30.6 Å². The van der Waals surface area contributed by atoms with Crippen molar-refractivity contribution in [1.29, 1.82) is 0 Å². The minimum absolute atomic E-state index is 0.0840. The van der Waals surface area contributed by atoms with Crippen molar-refractivity contribution in [2.75, 3.05) is 0 Å². The summed E-state index contributed by atoms with van der Waals surface area (Å²) in [5, 5.41) is 8.13. The lowest BCUT2D eigenvalue weighted by Gasteiger charge is -2.07. The largest absolute Gasteiger partial charge is 0.347 e. The first-order valence-corrected chi connectivity index (χ1v) is 9.75. The predicted octanol–water partition coefficient (Wildman–Crippen LogP) is 3.19. The highest BCUT2D eigenvalue weighted by Crippen LogP contribution is 2.31. The lowest BCUT2D eigenvalue weighted by molar-refractivity contribution is 0.0954. The average molecular weight is 392 g/mol. The lowest BCUT2D eigenvalue weighted by atomic mass is 10.1. The Morgan fingerprint density at radius 1 is 1.18 bits per heavy atom. The molecule has 3 aromatic heterocycles. The van der Waals surface area contributed by atoms with Crippen molar-refractivity contribution in [3.63, 3.8) is 0 Å². The summed E-state index contributed by atoms with van der Waals surface area (Å²) in [6.07, 6.45) is 3.20. The number of benzene rings is 1. The number of aromatic nitrogens is 5. The summed E-state index contributed by atoms with van der Waals surface area (Å²) in [6.45, 7) is 6.89. The number of fused-ring (bicyclic) bond motifs is 1. The van der Waals surface area contributed by atoms with Gasteiger partial charge in [-0.15, -0.1) is 11.3 Å². The molecule has 4 rings (SSSR count). The molecule has 1 aromatic carbocycles. The highest BCUT2D eigenvalue weighted by atomic mass is 32.1. The molecular formula is C20H20N6OS. The number of thiophene rings is 1. The molecule has 142 valence electrons. The summed E-state index contributed by atoms with van der Waals surface area (Å²) in [6, 6.07) is 8.09. The molecule has 0 aliphatic heterocycles. The predicted molar refractivity (Wildman–Crippen MR) is 108 cm³/mol. The zero-order chi connectivity index (χ0) is 19.7. The minimum Gasteiger partial charge on any atom is -0.347 e. The number of nitrogens with zero attached hydrogens (tertiary/aromatic N) is 5. The number of hydrogen-bond acceptors (Lipinski definition) is 6. The van der Waals surface area contributed by atoms with Crippen LogP contribution in [0.5, 0.6) is 0 Å². The van der Waals surface area contributed by atoms with Gasteiger partial charge in [0.2, 0.25) is 0 Å². The van der Waals surface area contributed by atoms with Gasteiger partial charge in [0.05, 0.1) is 11.4 Å². The Hall–Kier alpha value is -3.13. The summed E-state index contributed by atoms with van der Waals surface area (Å²) in [5.74, 6) is 0.640. The highest BCUT2D eigenvalue weighted by Gasteiger charge is 2.18. The topological polar surface area (TPSA) is 85.6 Å². The van der Waals surface area contributed by atoms with Crippen LogP contribution in [0.4, 0.5) is 0 Å². The zero-order valence-corrected chi connectivity index (χ0v) is 16.7. The van der Waals surface area contributed by atoms with Crippen LogP contribution in [-0.2, 0) is 13.1 Å². The molecule has 0 unspecified atom stereocenters. The molecule has 0 atom stereocenters. The van der Waals surface area contributed by atoms with Crippen molar-refractivity contribution in [3.8, 4) is 0 Å². The second kappa shape index (κ2) is 7.47. The summed E-state index contributed by atoms with van der Waals surface area (Å²) in [4.78, 5) is 27.2. The molecule has 0 spiro atoms. The van der Waals surface area contributed by atoms with Gasteiger partial charge in [0.15, 0.2) is 0 Å². The van der Waals surface area contributed by atoms with E-state index in [9.17, 15) is 4.79 Å². The van der Waals surface area contributed by atoms with E-state index in [2.05, 4.69) is 31.4 Å². The van der Waals surface area contributed by atoms with Crippen LogP contribution in [0.2, 0.25) is 0 Å². The van der Waals surface area contributed by atoms with Crippen molar-refractivity contribution in [2.45, 2.75) is 33.9 Å². The quantitative estimate of drug-likeness (QED) is 0.564. The van der Waals surface area contributed by atoms with Gasteiger partial charge in [0.25, 0.3) is 5.91 Å². The highest BCUT2D eigenvalue weighted by molar-refractivity contribution is 7.20. The van der Waals surface area contributed by atoms with E-state index < -0.39 is 0 Å². The fourth-order valence-electron chi connectivity index (χ4n) is 3.29. The second-order valence-electron chi connectivity index (χ2n) is 6.69. The maximum absolute atomic E-state index is 12.8. The van der Waals surface area contributed by atoms with Gasteiger partial charge < -0.3 is 5.32 Å². The first-order valence-electron chi connectivity index (χ1n) is 8.94. The number of amides is 1. The van der Waals surface area contributed by atoms with Gasteiger partial charge >= 0.3 is 0 Å². The molecule has 3 heterocycles. The molecule has 1 amide bonds. The zero-order valence-electron chi connectivity index (χ0n) is 15.9. The Morgan fingerprint density at radius 2 is 2.00 bits per heavy atom. The molecule has 7 nitrogen and oxygen atoms in total. The Labute approximate surface area is 166 Å². The smallest absolute Gasteiger partial charge is 0.261 e. The van der Waals surface area contributed by atoms with Crippen LogP contribution >= 0.6 is 11.3 Å². The molecule has 1 N–H and O–H groups in total. The number of carbonyl (C=O) groups excluding carboxylic acids is 1. The van der Waals surface area contributed by atoms with Crippen molar-refractivity contribution >= 4 is 27.5 Å². The van der Waals surface area contributed by atoms with Crippen LogP contribution in [0.3, 0.4) is 0 Å². The van der Waals surface area contributed by atoms with E-state index >= 15 is 0 Å². The molecule has 0 aliphatic carbocycles. The van der Waals surface area contributed by atoms with Gasteiger partial charge in [0, 0.05) is 17.6 Å². The van der Waals surface area contributed by atoms with Crippen molar-refractivity contribution < 1.29 is 4.79 Å². The normalized spacial score (nSPS) is 11.1. The van der Waals surface area contributed by atoms with E-state index in [1.807, 2.05) is 39.0 Å². The van der Waals surface area contributed by atoms with E-state index in [0.29, 0.717) is 18.0 Å². The Morgan fingerprint density at radius 3 is 2.79 bits per heavy atom. The second-order valence-corrected chi connectivity index (χ2v) is 7.69. The number of hydrogen-bond donors (Lipinski definition) is 1. The van der Waals surface area contributed by atoms with Crippen LogP contribution < -0.4 is 5.32 Å². The Bertz CT molecular complexity index is 1150. The van der Waals surface area contributed by atoms with Gasteiger partial charge in [0.1, 0.15) is 23.3 Å². The number of rotatable bonds is 5. The van der Waals surface area contributed by atoms with E-state index in [0.717, 1.165) is 38.4 Å². The van der Waals surface area contributed by atoms with Crippen LogP contribution in [0.1, 0.15) is 37.9 Å². The summed E-state index contributed by atoms with van der Waals surface area (Å²) < 4.78 is 1.77. The van der Waals surface area contributed by atoms with Gasteiger partial charge in [-0.2, -0.15) is 5.10 Å². The van der Waals surface area contributed by atoms with Gasteiger partial charge in [-0.3, -0.25) is 4.79 Å². The minimum atomic E-state index is -0.0840. The standard InChI is InChI=1S/C20H20N6OS/c1-12-17-13(2)24-14(3)25-20(17)28-18(12)19(27)22-8-15-5-4-6-16(7-15)9-26-11-21-10-23-26/h4-7,10-11H,8-9H2,1-3H3,(H,22,27). The number of aryl methyl sites for hydroxylation is 3. The molecule has 0 radical (unpaired) electrons. The monoisotopic (exact) mass is 392 g/mol. The first kappa shape index (κ1) is 18.2. The van der Waals surface area contributed by atoms with E-state index in [-0.39, 0.29) is 5.91 Å². The third kappa shape index (κ3) is 3.63. The van der Waals surface area contributed by atoms with Crippen molar-refractivity contribution in [2.24, 2.45) is 0 Å². The van der Waals surface area contributed by atoms with Gasteiger partial charge in [-0.25, -0.2) is 19.6 Å². The van der Waals surface area contributed by atoms with Crippen LogP contribution in [0.15, 0.2) is 36.9 Å². The Kier molecular flexibility index (Phi) is 4.87. The SMILES string of the molecule is Cc1nc(C)c2c(C)c(C(=O)NCc3cccc(Cn4cncn4)c3)sc2n1. The number of nitrogens with one attached hydrogen (secondary N) is 1. The maximum atomic E-state index is 12.8. The van der Waals surface area contributed by atoms with Gasteiger partial charge in [-0.1, -0.05) is 24.3 Å². The first-order chi connectivity index (χ1) is 13.5.